The summed E-state index contributed by atoms with van der Waals surface area (Å²) in [6, 6.07) is 0. The molecule has 0 atom stereocenters. The van der Waals surface area contributed by atoms with Gasteiger partial charge in [0.1, 0.15) is 6.33 Å². The molecule has 14 heavy (non-hydrogen) atoms. The van der Waals surface area contributed by atoms with Crippen molar-refractivity contribution in [1.82, 2.24) is 9.97 Å². The quantitative estimate of drug-likeness (QED) is 0.705. The Bertz CT molecular complexity index is 378. The first-order valence-corrected chi connectivity index (χ1v) is 4.48. The third kappa shape index (κ3) is 1.30. The van der Waals surface area contributed by atoms with Crippen LogP contribution in [0.3, 0.4) is 0 Å². The van der Waals surface area contributed by atoms with E-state index in [1.807, 2.05) is 11.9 Å². The third-order valence-corrected chi connectivity index (χ3v) is 2.39. The Morgan fingerprint density at radius 1 is 1.57 bits per heavy atom. The van der Waals surface area contributed by atoms with Crippen LogP contribution in [0.4, 0.5) is 5.69 Å². The molecule has 74 valence electrons. The third-order valence-electron chi connectivity index (χ3n) is 2.39. The molecule has 0 aliphatic carbocycles. The van der Waals surface area contributed by atoms with Gasteiger partial charge in [0.05, 0.1) is 11.4 Å². The second-order valence-corrected chi connectivity index (χ2v) is 3.35. The van der Waals surface area contributed by atoms with Crippen molar-refractivity contribution in [3.63, 3.8) is 0 Å². The van der Waals surface area contributed by atoms with Crippen molar-refractivity contribution in [3.05, 3.63) is 17.7 Å². The average Bonchev–Trinajstić information content (AvgIpc) is 2.17. The smallest absolute Gasteiger partial charge is 0.356 e. The van der Waals surface area contributed by atoms with Crippen LogP contribution < -0.4 is 4.90 Å². The topological polar surface area (TPSA) is 66.3 Å². The van der Waals surface area contributed by atoms with Crippen LogP contribution in [0, 0.1) is 0 Å². The molecule has 0 radical (unpaired) electrons. The molecular formula is C9H11N3O2. The lowest BCUT2D eigenvalue weighted by atomic mass is 10.1. The van der Waals surface area contributed by atoms with Gasteiger partial charge in [-0.1, -0.05) is 0 Å². The zero-order valence-corrected chi connectivity index (χ0v) is 7.90. The predicted octanol–water partition coefficient (Wildman–Crippen LogP) is 0.557. The maximum absolute atomic E-state index is 10.9. The molecule has 0 aromatic carbocycles. The Kier molecular flexibility index (Phi) is 2.07. The Hall–Kier alpha value is -1.65. The van der Waals surface area contributed by atoms with Crippen LogP contribution in [0.5, 0.6) is 0 Å². The minimum Gasteiger partial charge on any atom is -0.476 e. The van der Waals surface area contributed by atoms with Crippen LogP contribution in [-0.4, -0.2) is 34.6 Å². The largest absolute Gasteiger partial charge is 0.476 e. The molecule has 2 rings (SSSR count). The lowest BCUT2D eigenvalue weighted by Gasteiger charge is -2.26. The monoisotopic (exact) mass is 193 g/mol. The normalized spacial score (nSPS) is 15.1. The first-order chi connectivity index (χ1) is 6.70. The van der Waals surface area contributed by atoms with Gasteiger partial charge in [0.25, 0.3) is 0 Å². The number of carboxylic acids is 1. The standard InChI is InChI=1S/C9H11N3O2/c1-12-4-2-3-6-8(12)7(9(13)14)11-5-10-6/h5H,2-4H2,1H3,(H,13,14). The summed E-state index contributed by atoms with van der Waals surface area (Å²) in [7, 11) is 1.87. The number of aromatic nitrogens is 2. The van der Waals surface area contributed by atoms with Gasteiger partial charge < -0.3 is 10.0 Å². The van der Waals surface area contributed by atoms with Crippen molar-refractivity contribution < 1.29 is 9.90 Å². The molecule has 0 fully saturated rings. The summed E-state index contributed by atoms with van der Waals surface area (Å²) in [5.41, 5.74) is 1.62. The highest BCUT2D eigenvalue weighted by molar-refractivity contribution is 5.92. The minimum absolute atomic E-state index is 0.109. The number of carbonyl (C=O) groups is 1. The minimum atomic E-state index is -0.989. The van der Waals surface area contributed by atoms with Crippen LogP contribution >= 0.6 is 0 Å². The summed E-state index contributed by atoms with van der Waals surface area (Å²) in [4.78, 5) is 20.7. The van der Waals surface area contributed by atoms with E-state index in [4.69, 9.17) is 5.11 Å². The van der Waals surface area contributed by atoms with Gasteiger partial charge in [-0.05, 0) is 12.8 Å². The molecule has 5 nitrogen and oxygen atoms in total. The number of hydrogen-bond acceptors (Lipinski definition) is 4. The fraction of sp³-hybridized carbons (Fsp3) is 0.444. The highest BCUT2D eigenvalue weighted by Crippen LogP contribution is 2.26. The van der Waals surface area contributed by atoms with Crippen LogP contribution in [0.25, 0.3) is 0 Å². The van der Waals surface area contributed by atoms with Crippen molar-refractivity contribution in [2.24, 2.45) is 0 Å². The summed E-state index contributed by atoms with van der Waals surface area (Å²) in [6.07, 6.45) is 3.17. The number of fused-ring (bicyclic) bond motifs is 1. The van der Waals surface area contributed by atoms with E-state index in [1.54, 1.807) is 0 Å². The molecule has 0 amide bonds. The van der Waals surface area contributed by atoms with Gasteiger partial charge in [-0.15, -0.1) is 0 Å². The molecule has 1 aromatic heterocycles. The first kappa shape index (κ1) is 8.93. The Morgan fingerprint density at radius 3 is 3.07 bits per heavy atom. The van der Waals surface area contributed by atoms with E-state index < -0.39 is 5.97 Å². The van der Waals surface area contributed by atoms with Crippen LogP contribution in [0.15, 0.2) is 6.33 Å². The molecule has 1 aromatic rings. The van der Waals surface area contributed by atoms with Gasteiger partial charge in [-0.3, -0.25) is 0 Å². The second kappa shape index (κ2) is 3.25. The van der Waals surface area contributed by atoms with Gasteiger partial charge in [-0.25, -0.2) is 14.8 Å². The average molecular weight is 193 g/mol. The second-order valence-electron chi connectivity index (χ2n) is 3.35. The summed E-state index contributed by atoms with van der Waals surface area (Å²) >= 11 is 0. The van der Waals surface area contributed by atoms with Crippen LogP contribution in [-0.2, 0) is 6.42 Å². The van der Waals surface area contributed by atoms with E-state index in [9.17, 15) is 4.79 Å². The van der Waals surface area contributed by atoms with Crippen molar-refractivity contribution in [2.45, 2.75) is 12.8 Å². The number of carboxylic acid groups (broad SMARTS) is 1. The number of aryl methyl sites for hydroxylation is 1. The van der Waals surface area contributed by atoms with E-state index in [1.165, 1.54) is 6.33 Å². The van der Waals surface area contributed by atoms with E-state index >= 15 is 0 Å². The maximum atomic E-state index is 10.9. The van der Waals surface area contributed by atoms with Gasteiger partial charge in [0.15, 0.2) is 5.69 Å². The summed E-state index contributed by atoms with van der Waals surface area (Å²) in [5, 5.41) is 8.94. The number of hydrogen-bond donors (Lipinski definition) is 1. The van der Waals surface area contributed by atoms with E-state index in [-0.39, 0.29) is 5.69 Å². The van der Waals surface area contributed by atoms with Crippen molar-refractivity contribution in [1.29, 1.82) is 0 Å². The molecule has 0 saturated carbocycles. The summed E-state index contributed by atoms with van der Waals surface area (Å²) in [5.74, 6) is -0.989. The lowest BCUT2D eigenvalue weighted by molar-refractivity contribution is 0.0690. The van der Waals surface area contributed by atoms with Crippen molar-refractivity contribution >= 4 is 11.7 Å². The van der Waals surface area contributed by atoms with E-state index in [0.717, 1.165) is 25.1 Å². The van der Waals surface area contributed by atoms with Crippen LogP contribution in [0.1, 0.15) is 22.6 Å². The molecule has 2 heterocycles. The van der Waals surface area contributed by atoms with Crippen LogP contribution in [0.2, 0.25) is 0 Å². The van der Waals surface area contributed by atoms with Gasteiger partial charge in [-0.2, -0.15) is 0 Å². The van der Waals surface area contributed by atoms with Crippen molar-refractivity contribution in [2.75, 3.05) is 18.5 Å². The molecule has 0 bridgehead atoms. The molecule has 1 N–H and O–H groups in total. The molecule has 0 unspecified atom stereocenters. The lowest BCUT2D eigenvalue weighted by Crippen LogP contribution is -2.28. The Labute approximate surface area is 81.4 Å². The number of rotatable bonds is 1. The van der Waals surface area contributed by atoms with E-state index in [0.29, 0.717) is 5.69 Å². The molecule has 1 aliphatic heterocycles. The number of nitrogens with zero attached hydrogens (tertiary/aromatic N) is 3. The maximum Gasteiger partial charge on any atom is 0.356 e. The molecule has 1 aliphatic rings. The molecular weight excluding hydrogens is 182 g/mol. The molecule has 0 spiro atoms. The highest BCUT2D eigenvalue weighted by atomic mass is 16.4. The predicted molar refractivity (Wildman–Crippen MR) is 50.6 cm³/mol. The fourth-order valence-electron chi connectivity index (χ4n) is 1.75. The van der Waals surface area contributed by atoms with Crippen molar-refractivity contribution in [3.8, 4) is 0 Å². The number of aromatic carboxylic acids is 1. The van der Waals surface area contributed by atoms with Gasteiger partial charge in [0.2, 0.25) is 0 Å². The fourth-order valence-corrected chi connectivity index (χ4v) is 1.75. The highest BCUT2D eigenvalue weighted by Gasteiger charge is 2.22. The molecule has 5 heteroatoms. The van der Waals surface area contributed by atoms with Gasteiger partial charge >= 0.3 is 5.97 Å². The van der Waals surface area contributed by atoms with Gasteiger partial charge in [0, 0.05) is 13.6 Å². The Morgan fingerprint density at radius 2 is 2.36 bits per heavy atom. The first-order valence-electron chi connectivity index (χ1n) is 4.48. The SMILES string of the molecule is CN1CCCc2ncnc(C(=O)O)c21. The number of anilines is 1. The Balaban J connectivity index is 2.57. The zero-order valence-electron chi connectivity index (χ0n) is 7.90. The van der Waals surface area contributed by atoms with E-state index in [2.05, 4.69) is 9.97 Å². The zero-order chi connectivity index (χ0) is 10.1. The summed E-state index contributed by atoms with van der Waals surface area (Å²) in [6.45, 7) is 0.862. The molecule has 0 saturated heterocycles. The summed E-state index contributed by atoms with van der Waals surface area (Å²) < 4.78 is 0.